The van der Waals surface area contributed by atoms with E-state index < -0.39 is 12.2 Å². The summed E-state index contributed by atoms with van der Waals surface area (Å²) in [6.45, 7) is 3.68. The topological polar surface area (TPSA) is 83.8 Å². The highest BCUT2D eigenvalue weighted by molar-refractivity contribution is 5.84. The summed E-state index contributed by atoms with van der Waals surface area (Å²) in [5, 5.41) is 20.7. The molecule has 0 amide bonds. The Morgan fingerprint density at radius 2 is 1.94 bits per heavy atom. The monoisotopic (exact) mass is 430 g/mol. The zero-order valence-electron chi connectivity index (χ0n) is 18.9. The van der Waals surface area contributed by atoms with Crippen LogP contribution in [-0.4, -0.2) is 40.3 Å². The van der Waals surface area contributed by atoms with Crippen LogP contribution < -0.4 is 0 Å². The highest BCUT2D eigenvalue weighted by atomic mass is 16.5. The van der Waals surface area contributed by atoms with E-state index >= 15 is 0 Å². The van der Waals surface area contributed by atoms with E-state index in [4.69, 9.17) is 4.74 Å². The third kappa shape index (κ3) is 9.36. The standard InChI is InChI=1S/C26H38O5/c1-19(2)31-26(30)13-9-4-3-8-12-22-23(25(29)18-24(22)28)17-16-21(27)15-14-20-10-6-5-7-11-20/h3,5-8,10-11,19,21-24,27-28H,4,9,12-18H2,1-2H3/t21-,22+,23+,24+/m0/s1. The predicted octanol–water partition coefficient (Wildman–Crippen LogP) is 4.39. The first kappa shape index (κ1) is 25.3. The molecule has 0 heterocycles. The molecular formula is C26H38O5. The summed E-state index contributed by atoms with van der Waals surface area (Å²) in [5.74, 6) is -0.341. The minimum atomic E-state index is -0.607. The molecule has 1 fully saturated rings. The Kier molecular flexibility index (Phi) is 11.0. The number of aliphatic hydroxyl groups is 2. The molecule has 5 nitrogen and oxygen atoms in total. The van der Waals surface area contributed by atoms with Gasteiger partial charge in [0.15, 0.2) is 0 Å². The molecule has 2 N–H and O–H groups in total. The number of Topliss-reactive ketones (excluding diaryl/α,β-unsaturated/α-hetero) is 1. The predicted molar refractivity (Wildman–Crippen MR) is 121 cm³/mol. The third-order valence-corrected chi connectivity index (χ3v) is 5.95. The molecule has 0 bridgehead atoms. The molecule has 31 heavy (non-hydrogen) atoms. The van der Waals surface area contributed by atoms with E-state index in [9.17, 15) is 19.8 Å². The molecule has 4 atom stereocenters. The number of benzene rings is 1. The molecule has 1 aliphatic carbocycles. The number of allylic oxidation sites excluding steroid dienone is 2. The van der Waals surface area contributed by atoms with Crippen molar-refractivity contribution in [1.82, 2.24) is 0 Å². The van der Waals surface area contributed by atoms with Crippen molar-refractivity contribution in [3.63, 3.8) is 0 Å². The van der Waals surface area contributed by atoms with Crippen molar-refractivity contribution < 1.29 is 24.5 Å². The van der Waals surface area contributed by atoms with E-state index in [1.165, 1.54) is 5.56 Å². The van der Waals surface area contributed by atoms with Gasteiger partial charge in [-0.15, -0.1) is 0 Å². The number of carbonyl (C=O) groups is 2. The summed E-state index contributed by atoms with van der Waals surface area (Å²) in [6.07, 6.45) is 8.35. The summed E-state index contributed by atoms with van der Waals surface area (Å²) in [6, 6.07) is 10.1. The summed E-state index contributed by atoms with van der Waals surface area (Å²) in [5.41, 5.74) is 1.20. The van der Waals surface area contributed by atoms with Gasteiger partial charge in [-0.05, 0) is 70.3 Å². The average molecular weight is 431 g/mol. The van der Waals surface area contributed by atoms with Crippen molar-refractivity contribution >= 4 is 11.8 Å². The van der Waals surface area contributed by atoms with Crippen molar-refractivity contribution in [2.24, 2.45) is 11.8 Å². The Morgan fingerprint density at radius 1 is 1.19 bits per heavy atom. The first-order valence-electron chi connectivity index (χ1n) is 11.6. The van der Waals surface area contributed by atoms with Gasteiger partial charge < -0.3 is 14.9 Å². The van der Waals surface area contributed by atoms with Gasteiger partial charge in [0.25, 0.3) is 0 Å². The lowest BCUT2D eigenvalue weighted by Crippen LogP contribution is -2.22. The average Bonchev–Trinajstić information content (AvgIpc) is 3.00. The number of aryl methyl sites for hydroxylation is 1. The number of ether oxygens (including phenoxy) is 1. The van der Waals surface area contributed by atoms with Crippen molar-refractivity contribution in [2.75, 3.05) is 0 Å². The van der Waals surface area contributed by atoms with Crippen LogP contribution in [-0.2, 0) is 20.7 Å². The van der Waals surface area contributed by atoms with E-state index in [1.54, 1.807) is 0 Å². The Labute approximate surface area is 186 Å². The molecule has 1 aromatic carbocycles. The number of unbranched alkanes of at least 4 members (excludes halogenated alkanes) is 1. The Hall–Kier alpha value is -1.98. The summed E-state index contributed by atoms with van der Waals surface area (Å²) in [7, 11) is 0. The molecule has 1 aromatic rings. The first-order valence-corrected chi connectivity index (χ1v) is 11.6. The van der Waals surface area contributed by atoms with E-state index in [2.05, 4.69) is 12.1 Å². The largest absolute Gasteiger partial charge is 0.463 e. The first-order chi connectivity index (χ1) is 14.9. The van der Waals surface area contributed by atoms with Crippen LogP contribution in [0.4, 0.5) is 0 Å². The van der Waals surface area contributed by atoms with Gasteiger partial charge in [-0.3, -0.25) is 9.59 Å². The van der Waals surface area contributed by atoms with Crippen LogP contribution in [0, 0.1) is 11.8 Å². The van der Waals surface area contributed by atoms with Crippen LogP contribution in [0.5, 0.6) is 0 Å². The molecule has 0 radical (unpaired) electrons. The second-order valence-corrected chi connectivity index (χ2v) is 8.90. The molecule has 0 unspecified atom stereocenters. The number of hydrogen-bond donors (Lipinski definition) is 2. The maximum absolute atomic E-state index is 12.4. The Morgan fingerprint density at radius 3 is 2.65 bits per heavy atom. The van der Waals surface area contributed by atoms with Crippen molar-refractivity contribution in [1.29, 1.82) is 0 Å². The zero-order chi connectivity index (χ0) is 22.6. The number of hydrogen-bond acceptors (Lipinski definition) is 5. The highest BCUT2D eigenvalue weighted by Crippen LogP contribution is 2.35. The minimum absolute atomic E-state index is 0.0850. The van der Waals surface area contributed by atoms with Crippen LogP contribution in [0.3, 0.4) is 0 Å². The second kappa shape index (κ2) is 13.4. The molecule has 0 spiro atoms. The van der Waals surface area contributed by atoms with Gasteiger partial charge in [-0.2, -0.15) is 0 Å². The van der Waals surface area contributed by atoms with Gasteiger partial charge in [-0.25, -0.2) is 0 Å². The van der Waals surface area contributed by atoms with Crippen molar-refractivity contribution in [2.45, 2.75) is 89.9 Å². The number of esters is 1. The molecular weight excluding hydrogens is 392 g/mol. The Balaban J connectivity index is 1.71. The number of carbonyl (C=O) groups excluding carboxylic acids is 2. The van der Waals surface area contributed by atoms with Crippen molar-refractivity contribution in [3.8, 4) is 0 Å². The van der Waals surface area contributed by atoms with Gasteiger partial charge in [0.1, 0.15) is 5.78 Å². The van der Waals surface area contributed by atoms with Gasteiger partial charge in [0.2, 0.25) is 0 Å². The fraction of sp³-hybridized carbons (Fsp3) is 0.615. The summed E-state index contributed by atoms with van der Waals surface area (Å²) < 4.78 is 5.11. The van der Waals surface area contributed by atoms with E-state index in [-0.39, 0.29) is 36.1 Å². The van der Waals surface area contributed by atoms with E-state index in [1.807, 2.05) is 44.2 Å². The van der Waals surface area contributed by atoms with Gasteiger partial charge >= 0.3 is 5.97 Å². The van der Waals surface area contributed by atoms with Crippen LogP contribution in [0.15, 0.2) is 42.5 Å². The van der Waals surface area contributed by atoms with Crippen molar-refractivity contribution in [3.05, 3.63) is 48.0 Å². The Bertz CT molecular complexity index is 697. The normalized spacial score (nSPS) is 22.4. The number of ketones is 1. The molecule has 2 rings (SSSR count). The fourth-order valence-electron chi connectivity index (χ4n) is 4.26. The number of aliphatic hydroxyl groups excluding tert-OH is 2. The van der Waals surface area contributed by atoms with Gasteiger partial charge in [-0.1, -0.05) is 42.5 Å². The number of rotatable bonds is 13. The summed E-state index contributed by atoms with van der Waals surface area (Å²) in [4.78, 5) is 23.9. The molecule has 1 aliphatic rings. The van der Waals surface area contributed by atoms with E-state index in [0.29, 0.717) is 32.1 Å². The molecule has 0 aromatic heterocycles. The fourth-order valence-corrected chi connectivity index (χ4v) is 4.26. The quantitative estimate of drug-likeness (QED) is 0.275. The van der Waals surface area contributed by atoms with Crippen LogP contribution in [0.25, 0.3) is 0 Å². The third-order valence-electron chi connectivity index (χ3n) is 5.95. The maximum atomic E-state index is 12.4. The summed E-state index contributed by atoms with van der Waals surface area (Å²) >= 11 is 0. The maximum Gasteiger partial charge on any atom is 0.306 e. The van der Waals surface area contributed by atoms with Crippen LogP contribution in [0.2, 0.25) is 0 Å². The lowest BCUT2D eigenvalue weighted by molar-refractivity contribution is -0.147. The SMILES string of the molecule is CC(C)OC(=O)CCCC=CC[C@H]1[C@H](O)CC(=O)[C@@H]1CC[C@@H](O)CCc1ccccc1. The second-order valence-electron chi connectivity index (χ2n) is 8.90. The van der Waals surface area contributed by atoms with E-state index in [0.717, 1.165) is 19.3 Å². The smallest absolute Gasteiger partial charge is 0.306 e. The highest BCUT2D eigenvalue weighted by Gasteiger charge is 2.40. The molecule has 172 valence electrons. The van der Waals surface area contributed by atoms with Crippen LogP contribution in [0.1, 0.15) is 70.8 Å². The molecule has 1 saturated carbocycles. The van der Waals surface area contributed by atoms with Crippen LogP contribution >= 0.6 is 0 Å². The molecule has 0 saturated heterocycles. The minimum Gasteiger partial charge on any atom is -0.463 e. The zero-order valence-corrected chi connectivity index (χ0v) is 18.9. The lowest BCUT2D eigenvalue weighted by atomic mass is 9.86. The molecule has 5 heteroatoms. The molecule has 0 aliphatic heterocycles. The lowest BCUT2D eigenvalue weighted by Gasteiger charge is -2.21. The van der Waals surface area contributed by atoms with Gasteiger partial charge in [0, 0.05) is 18.8 Å². The van der Waals surface area contributed by atoms with Gasteiger partial charge in [0.05, 0.1) is 18.3 Å².